The van der Waals surface area contributed by atoms with E-state index in [0.29, 0.717) is 40.5 Å². The molecule has 1 atom stereocenters. The van der Waals surface area contributed by atoms with Gasteiger partial charge in [-0.25, -0.2) is 9.71 Å². The molecule has 0 radical (unpaired) electrons. The summed E-state index contributed by atoms with van der Waals surface area (Å²) in [5, 5.41) is 6.19. The van der Waals surface area contributed by atoms with Crippen molar-refractivity contribution in [3.05, 3.63) is 101 Å². The number of nitrogens with one attached hydrogen (secondary N) is 3. The average Bonchev–Trinajstić information content (AvgIpc) is 2.99. The van der Waals surface area contributed by atoms with Gasteiger partial charge in [0.25, 0.3) is 11.8 Å². The number of carbonyl (C=O) groups excluding carboxylic acids is 2. The van der Waals surface area contributed by atoms with E-state index < -0.39 is 11.4 Å². The lowest BCUT2D eigenvalue weighted by molar-refractivity contribution is 0.0827. The van der Waals surface area contributed by atoms with E-state index in [2.05, 4.69) is 20.3 Å². The number of aromatic nitrogens is 1. The topological polar surface area (TPSA) is 119 Å². The van der Waals surface area contributed by atoms with Crippen LogP contribution < -0.4 is 20.1 Å². The van der Waals surface area contributed by atoms with Gasteiger partial charge in [-0.15, -0.1) is 0 Å². The summed E-state index contributed by atoms with van der Waals surface area (Å²) in [6.45, 7) is 0.820. The zero-order valence-electron chi connectivity index (χ0n) is 22.8. The molecule has 0 fully saturated rings. The van der Waals surface area contributed by atoms with E-state index in [0.717, 1.165) is 16.8 Å². The van der Waals surface area contributed by atoms with Crippen molar-refractivity contribution in [1.82, 2.24) is 15.2 Å². The molecule has 4 rings (SSSR count). The third-order valence-electron chi connectivity index (χ3n) is 6.03. The van der Waals surface area contributed by atoms with Crippen molar-refractivity contribution in [3.8, 4) is 16.9 Å². The fourth-order valence-corrected chi connectivity index (χ4v) is 5.20. The summed E-state index contributed by atoms with van der Waals surface area (Å²) in [6.07, 6.45) is 1.52. The van der Waals surface area contributed by atoms with Crippen LogP contribution in [0.25, 0.3) is 11.1 Å². The second kappa shape index (κ2) is 13.9. The van der Waals surface area contributed by atoms with Crippen molar-refractivity contribution in [3.63, 3.8) is 0 Å². The molecule has 1 aromatic heterocycles. The molecule has 0 aliphatic carbocycles. The van der Waals surface area contributed by atoms with Gasteiger partial charge in [-0.3, -0.25) is 9.59 Å². The Morgan fingerprint density at radius 2 is 1.71 bits per heavy atom. The quantitative estimate of drug-likeness (QED) is 0.126. The number of nitrogens with zero attached hydrogens (tertiary/aromatic N) is 2. The number of rotatable bonds is 11. The first kappa shape index (κ1) is 29.7. The van der Waals surface area contributed by atoms with Gasteiger partial charge in [0, 0.05) is 50.7 Å². The molecule has 212 valence electrons. The molecule has 0 saturated heterocycles. The van der Waals surface area contributed by atoms with E-state index in [1.165, 1.54) is 18.2 Å². The number of methoxy groups -OCH3 is 1. The fraction of sp³-hybridized carbons (Fsp3) is 0.167. The minimum absolute atomic E-state index is 0.0976. The maximum absolute atomic E-state index is 13.4. The van der Waals surface area contributed by atoms with Crippen LogP contribution in [0.2, 0.25) is 5.15 Å². The van der Waals surface area contributed by atoms with E-state index in [-0.39, 0.29) is 17.0 Å². The first-order valence-corrected chi connectivity index (χ1v) is 14.2. The molecule has 2 amide bonds. The van der Waals surface area contributed by atoms with E-state index in [1.807, 2.05) is 48.5 Å². The molecule has 4 aromatic rings. The summed E-state index contributed by atoms with van der Waals surface area (Å²) >= 11 is 4.33. The molecule has 1 heterocycles. The van der Waals surface area contributed by atoms with Crippen molar-refractivity contribution in [2.45, 2.75) is 4.90 Å². The number of halogens is 1. The van der Waals surface area contributed by atoms with Crippen LogP contribution >= 0.6 is 11.6 Å². The molecule has 3 N–H and O–H groups in total. The largest absolute Gasteiger partial charge is 0.588 e. The Morgan fingerprint density at radius 1 is 0.951 bits per heavy atom. The molecular formula is C30H30ClN5O4S. The summed E-state index contributed by atoms with van der Waals surface area (Å²) in [7, 11) is 4.94. The van der Waals surface area contributed by atoms with Crippen LogP contribution in [0.15, 0.2) is 90.0 Å². The molecule has 11 heteroatoms. The summed E-state index contributed by atoms with van der Waals surface area (Å²) in [5.74, 6) is 0.0707. The molecule has 1 unspecified atom stereocenters. The molecule has 3 aromatic carbocycles. The Labute approximate surface area is 247 Å². The first-order chi connectivity index (χ1) is 19.8. The van der Waals surface area contributed by atoms with Crippen molar-refractivity contribution < 1.29 is 18.9 Å². The smallest absolute Gasteiger partial charge is 0.254 e. The van der Waals surface area contributed by atoms with Gasteiger partial charge >= 0.3 is 0 Å². The number of amides is 2. The molecule has 0 aliphatic heterocycles. The standard InChI is InChI=1S/C30H30ClN5O4S/c1-36(2)30(38)22-8-4-7-20(17-22)21-12-13-26(40-3)27(18-21)41(39)35-24-10-5-9-23(19-24)32-15-16-34-29(37)25-11-6-14-33-28(25)31/h4-14,17-19,32,35H,15-16H2,1-3H3,(H,34,37). The highest BCUT2D eigenvalue weighted by atomic mass is 35.5. The molecular weight excluding hydrogens is 562 g/mol. The number of benzene rings is 3. The first-order valence-electron chi connectivity index (χ1n) is 12.7. The monoisotopic (exact) mass is 591 g/mol. The molecule has 41 heavy (non-hydrogen) atoms. The van der Waals surface area contributed by atoms with Crippen LogP contribution in [-0.4, -0.2) is 60.5 Å². The predicted octanol–water partition coefficient (Wildman–Crippen LogP) is 5.09. The number of pyridine rings is 1. The van der Waals surface area contributed by atoms with Crippen LogP contribution in [0.3, 0.4) is 0 Å². The van der Waals surface area contributed by atoms with Crippen molar-refractivity contribution >= 4 is 46.2 Å². The lowest BCUT2D eigenvalue weighted by Gasteiger charge is -2.16. The van der Waals surface area contributed by atoms with E-state index in [4.69, 9.17) is 16.3 Å². The molecule has 0 aliphatic rings. The van der Waals surface area contributed by atoms with E-state index in [1.54, 1.807) is 44.4 Å². The summed E-state index contributed by atoms with van der Waals surface area (Å²) in [6, 6.07) is 23.3. The third-order valence-corrected chi connectivity index (χ3v) is 7.47. The van der Waals surface area contributed by atoms with Crippen LogP contribution in [0, 0.1) is 0 Å². The van der Waals surface area contributed by atoms with Crippen molar-refractivity contribution in [1.29, 1.82) is 0 Å². The summed E-state index contributed by atoms with van der Waals surface area (Å²) < 4.78 is 21.9. The van der Waals surface area contributed by atoms with Gasteiger partial charge in [-0.1, -0.05) is 35.9 Å². The van der Waals surface area contributed by atoms with E-state index >= 15 is 0 Å². The fourth-order valence-electron chi connectivity index (χ4n) is 3.98. The summed E-state index contributed by atoms with van der Waals surface area (Å²) in [4.78, 5) is 30.6. The van der Waals surface area contributed by atoms with Gasteiger partial charge in [-0.2, -0.15) is 0 Å². The van der Waals surface area contributed by atoms with Gasteiger partial charge < -0.3 is 24.8 Å². The highest BCUT2D eigenvalue weighted by Gasteiger charge is 2.20. The van der Waals surface area contributed by atoms with Crippen molar-refractivity contribution in [2.24, 2.45) is 0 Å². The van der Waals surface area contributed by atoms with Crippen LogP contribution in [0.5, 0.6) is 5.75 Å². The molecule has 0 saturated carbocycles. The van der Waals surface area contributed by atoms with Crippen LogP contribution in [0.1, 0.15) is 20.7 Å². The van der Waals surface area contributed by atoms with Crippen molar-refractivity contribution in [2.75, 3.05) is 44.3 Å². The highest BCUT2D eigenvalue weighted by molar-refractivity contribution is 7.92. The average molecular weight is 592 g/mol. The zero-order valence-corrected chi connectivity index (χ0v) is 24.4. The Bertz CT molecular complexity index is 1530. The Kier molecular flexibility index (Phi) is 10.1. The lowest BCUT2D eigenvalue weighted by Crippen LogP contribution is -2.29. The van der Waals surface area contributed by atoms with E-state index in [9.17, 15) is 14.1 Å². The molecule has 0 spiro atoms. The van der Waals surface area contributed by atoms with Crippen LogP contribution in [0.4, 0.5) is 11.4 Å². The maximum Gasteiger partial charge on any atom is 0.254 e. The third kappa shape index (κ3) is 7.69. The Balaban J connectivity index is 1.41. The second-order valence-corrected chi connectivity index (χ2v) is 10.7. The molecule has 9 nitrogen and oxygen atoms in total. The normalized spacial score (nSPS) is 11.3. The molecule has 0 bridgehead atoms. The SMILES string of the molecule is COc1ccc(-c2cccc(C(=O)N(C)C)c2)cc1[S+]([O-])Nc1cccc(NCCNC(=O)c2cccnc2Cl)c1. The number of hydrogen-bond donors (Lipinski definition) is 3. The minimum Gasteiger partial charge on any atom is -0.588 e. The predicted molar refractivity (Wildman–Crippen MR) is 163 cm³/mol. The van der Waals surface area contributed by atoms with Gasteiger partial charge in [0.2, 0.25) is 4.90 Å². The van der Waals surface area contributed by atoms with Gasteiger partial charge in [0.1, 0.15) is 16.5 Å². The number of ether oxygens (including phenoxy) is 1. The van der Waals surface area contributed by atoms with Crippen LogP contribution in [-0.2, 0) is 11.4 Å². The maximum atomic E-state index is 13.4. The second-order valence-electron chi connectivity index (χ2n) is 9.12. The van der Waals surface area contributed by atoms with Gasteiger partial charge in [0.05, 0.1) is 18.4 Å². The number of carbonyl (C=O) groups is 2. The lowest BCUT2D eigenvalue weighted by atomic mass is 10.0. The summed E-state index contributed by atoms with van der Waals surface area (Å²) in [5.41, 5.74) is 3.91. The minimum atomic E-state index is -1.65. The zero-order chi connectivity index (χ0) is 29.4. The van der Waals surface area contributed by atoms with Gasteiger partial charge in [-0.05, 0) is 59.7 Å². The Morgan fingerprint density at radius 3 is 2.46 bits per heavy atom. The number of anilines is 2. The Hall–Kier alpha value is -4.25. The number of hydrogen-bond acceptors (Lipinski definition) is 7. The van der Waals surface area contributed by atoms with Gasteiger partial charge in [0.15, 0.2) is 5.75 Å². The highest BCUT2D eigenvalue weighted by Crippen LogP contribution is 2.32.